The number of carbonyl (C=O) groups excluding carboxylic acids is 1. The summed E-state index contributed by atoms with van der Waals surface area (Å²) in [6.45, 7) is 4.53. The lowest BCUT2D eigenvalue weighted by Gasteiger charge is -2.23. The van der Waals surface area contributed by atoms with Gasteiger partial charge in [-0.2, -0.15) is 4.89 Å². The monoisotopic (exact) mass is 222 g/mol. The molecule has 0 saturated heterocycles. The molecule has 0 aromatic rings. The molecule has 0 rings (SSSR count). The molecule has 6 nitrogen and oxygen atoms in total. The van der Waals surface area contributed by atoms with Crippen molar-refractivity contribution in [1.29, 1.82) is 0 Å². The maximum Gasteiger partial charge on any atom is 0.540 e. The van der Waals surface area contributed by atoms with Gasteiger partial charge in [-0.05, 0) is 20.8 Å². The van der Waals surface area contributed by atoms with Crippen LogP contribution in [-0.4, -0.2) is 41.3 Å². The molecule has 0 radical (unpaired) electrons. The maximum atomic E-state index is 10.8. The minimum atomic E-state index is -1.01. The molecule has 2 N–H and O–H groups in total. The van der Waals surface area contributed by atoms with Crippen LogP contribution in [-0.2, 0) is 14.5 Å². The third-order valence-electron chi connectivity index (χ3n) is 1.43. The van der Waals surface area contributed by atoms with Crippen molar-refractivity contribution in [3.8, 4) is 0 Å². The van der Waals surface area contributed by atoms with Gasteiger partial charge in [-0.1, -0.05) is 0 Å². The molecule has 0 fully saturated rings. The van der Waals surface area contributed by atoms with Crippen LogP contribution in [0.25, 0.3) is 0 Å². The van der Waals surface area contributed by atoms with Gasteiger partial charge in [0.15, 0.2) is 0 Å². The molecular formula is C9H18O6. The van der Waals surface area contributed by atoms with Crippen LogP contribution in [0.3, 0.4) is 0 Å². The number of aliphatic hydroxyl groups excluding tert-OH is 2. The van der Waals surface area contributed by atoms with Crippen LogP contribution in [0.4, 0.5) is 4.79 Å². The second-order valence-corrected chi connectivity index (χ2v) is 3.80. The van der Waals surface area contributed by atoms with Gasteiger partial charge in [0.1, 0.15) is 12.2 Å². The van der Waals surface area contributed by atoms with E-state index < -0.39 is 17.9 Å². The van der Waals surface area contributed by atoms with Crippen molar-refractivity contribution in [3.63, 3.8) is 0 Å². The van der Waals surface area contributed by atoms with Crippen molar-refractivity contribution in [1.82, 2.24) is 0 Å². The molecule has 0 spiro atoms. The van der Waals surface area contributed by atoms with Gasteiger partial charge in [0, 0.05) is 6.42 Å². The van der Waals surface area contributed by atoms with Gasteiger partial charge in [0.25, 0.3) is 0 Å². The fraction of sp³-hybridized carbons (Fsp3) is 0.889. The predicted octanol–water partition coefficient (Wildman–Crippen LogP) is 0.613. The van der Waals surface area contributed by atoms with Gasteiger partial charge in [-0.3, -0.25) is 4.89 Å². The van der Waals surface area contributed by atoms with Crippen LogP contribution in [0.2, 0.25) is 0 Å². The van der Waals surface area contributed by atoms with Crippen LogP contribution >= 0.6 is 0 Å². The Kier molecular flexibility index (Phi) is 6.23. The van der Waals surface area contributed by atoms with E-state index in [9.17, 15) is 4.79 Å². The number of hydrogen-bond acceptors (Lipinski definition) is 6. The highest BCUT2D eigenvalue weighted by atomic mass is 17.2. The minimum Gasteiger partial charge on any atom is -0.430 e. The number of ether oxygens (including phenoxy) is 1. The molecule has 0 aliphatic carbocycles. The summed E-state index contributed by atoms with van der Waals surface area (Å²) in [5.74, 6) is 0. The lowest BCUT2D eigenvalue weighted by Crippen LogP contribution is -2.30. The maximum absolute atomic E-state index is 10.8. The fourth-order valence-electron chi connectivity index (χ4n) is 1.05. The summed E-state index contributed by atoms with van der Waals surface area (Å²) in [5, 5.41) is 17.5. The number of rotatable bonds is 6. The van der Waals surface area contributed by atoms with Gasteiger partial charge in [-0.25, -0.2) is 4.79 Å². The number of hydrogen-bond donors (Lipinski definition) is 2. The first-order valence-electron chi connectivity index (χ1n) is 4.69. The van der Waals surface area contributed by atoms with E-state index in [0.717, 1.165) is 0 Å². The molecular weight excluding hydrogens is 204 g/mol. The Morgan fingerprint density at radius 3 is 2.53 bits per heavy atom. The summed E-state index contributed by atoms with van der Waals surface area (Å²) in [7, 11) is 0. The van der Waals surface area contributed by atoms with Crippen molar-refractivity contribution in [2.75, 3.05) is 13.2 Å². The fourth-order valence-corrected chi connectivity index (χ4v) is 1.05. The van der Waals surface area contributed by atoms with E-state index in [1.54, 1.807) is 20.8 Å². The summed E-state index contributed by atoms with van der Waals surface area (Å²) in [6.07, 6.45) is -1.25. The van der Waals surface area contributed by atoms with Crippen molar-refractivity contribution in [2.24, 2.45) is 0 Å². The molecule has 0 aliphatic rings. The van der Waals surface area contributed by atoms with Gasteiger partial charge < -0.3 is 14.9 Å². The first-order chi connectivity index (χ1) is 6.87. The quantitative estimate of drug-likeness (QED) is 0.389. The van der Waals surface area contributed by atoms with Crippen molar-refractivity contribution < 1.29 is 29.5 Å². The Labute approximate surface area is 88.7 Å². The molecule has 0 heterocycles. The van der Waals surface area contributed by atoms with Crippen LogP contribution in [0.1, 0.15) is 27.2 Å². The topological polar surface area (TPSA) is 85.2 Å². The zero-order chi connectivity index (χ0) is 11.9. The standard InChI is InChI=1S/C9H18O6/c1-7(11)6-9(2,3)15-14-8(12)13-5-4-10/h7,10-11H,4-6H2,1-3H3. The predicted molar refractivity (Wildman–Crippen MR) is 51.0 cm³/mol. The first kappa shape index (κ1) is 14.2. The molecule has 1 atom stereocenters. The molecule has 0 aromatic heterocycles. The molecule has 0 amide bonds. The van der Waals surface area contributed by atoms with Crippen LogP contribution in [0.5, 0.6) is 0 Å². The Balaban J connectivity index is 3.77. The molecule has 1 unspecified atom stereocenters. The molecule has 90 valence electrons. The summed E-state index contributed by atoms with van der Waals surface area (Å²) in [5.41, 5.74) is -0.785. The second-order valence-electron chi connectivity index (χ2n) is 3.80. The highest BCUT2D eigenvalue weighted by Gasteiger charge is 2.24. The molecule has 15 heavy (non-hydrogen) atoms. The van der Waals surface area contributed by atoms with E-state index in [1.165, 1.54) is 0 Å². The van der Waals surface area contributed by atoms with E-state index in [0.29, 0.717) is 6.42 Å². The van der Waals surface area contributed by atoms with Gasteiger partial charge in [0.05, 0.1) is 12.7 Å². The largest absolute Gasteiger partial charge is 0.540 e. The third kappa shape index (κ3) is 8.17. The lowest BCUT2D eigenvalue weighted by atomic mass is 10.0. The first-order valence-corrected chi connectivity index (χ1v) is 4.69. The van der Waals surface area contributed by atoms with Gasteiger partial charge >= 0.3 is 6.16 Å². The third-order valence-corrected chi connectivity index (χ3v) is 1.43. The van der Waals surface area contributed by atoms with Crippen LogP contribution in [0, 0.1) is 0 Å². The van der Waals surface area contributed by atoms with Crippen molar-refractivity contribution in [2.45, 2.75) is 38.9 Å². The zero-order valence-electron chi connectivity index (χ0n) is 9.23. The molecule has 0 aliphatic heterocycles. The Morgan fingerprint density at radius 1 is 1.47 bits per heavy atom. The molecule has 0 bridgehead atoms. The Hall–Kier alpha value is -0.850. The van der Waals surface area contributed by atoms with E-state index in [1.807, 2.05) is 0 Å². The minimum absolute atomic E-state index is 0.140. The average Bonchev–Trinajstić information content (AvgIpc) is 2.09. The highest BCUT2D eigenvalue weighted by Crippen LogP contribution is 2.17. The van der Waals surface area contributed by atoms with E-state index >= 15 is 0 Å². The smallest absolute Gasteiger partial charge is 0.430 e. The summed E-state index contributed by atoms with van der Waals surface area (Å²) in [6, 6.07) is 0. The SMILES string of the molecule is CC(O)CC(C)(C)OOC(=O)OCCO. The average molecular weight is 222 g/mol. The Bertz CT molecular complexity index is 189. The Morgan fingerprint density at radius 2 is 2.07 bits per heavy atom. The number of carbonyl (C=O) groups is 1. The highest BCUT2D eigenvalue weighted by molar-refractivity contribution is 5.58. The van der Waals surface area contributed by atoms with Crippen LogP contribution in [0.15, 0.2) is 0 Å². The lowest BCUT2D eigenvalue weighted by molar-refractivity contribution is -0.321. The molecule has 6 heteroatoms. The van der Waals surface area contributed by atoms with Crippen molar-refractivity contribution >= 4 is 6.16 Å². The van der Waals surface area contributed by atoms with E-state index in [2.05, 4.69) is 9.62 Å². The van der Waals surface area contributed by atoms with Gasteiger partial charge in [-0.15, -0.1) is 0 Å². The van der Waals surface area contributed by atoms with Gasteiger partial charge in [0.2, 0.25) is 0 Å². The summed E-state index contributed by atoms with van der Waals surface area (Å²) >= 11 is 0. The number of aliphatic hydroxyl groups is 2. The second kappa shape index (κ2) is 6.60. The van der Waals surface area contributed by atoms with E-state index in [-0.39, 0.29) is 13.2 Å². The van der Waals surface area contributed by atoms with Crippen molar-refractivity contribution in [3.05, 3.63) is 0 Å². The summed E-state index contributed by atoms with van der Waals surface area (Å²) in [4.78, 5) is 19.9. The van der Waals surface area contributed by atoms with E-state index in [4.69, 9.17) is 15.1 Å². The normalized spacial score (nSPS) is 13.4. The zero-order valence-corrected chi connectivity index (χ0v) is 9.23. The molecule has 0 saturated carbocycles. The molecule has 0 aromatic carbocycles. The van der Waals surface area contributed by atoms with Crippen LogP contribution < -0.4 is 0 Å². The summed E-state index contributed by atoms with van der Waals surface area (Å²) < 4.78 is 4.39.